The minimum absolute atomic E-state index is 0.488. The molecule has 2 bridgehead atoms. The third-order valence-corrected chi connectivity index (χ3v) is 6.73. The summed E-state index contributed by atoms with van der Waals surface area (Å²) in [5.41, 5.74) is 1.95. The smallest absolute Gasteiger partial charge is 0.0794 e. The molecule has 3 aliphatic rings. The van der Waals surface area contributed by atoms with Crippen LogP contribution in [0.5, 0.6) is 0 Å². The normalized spacial score (nSPS) is 43.3. The molecule has 1 aromatic rings. The number of thiazole rings is 1. The van der Waals surface area contributed by atoms with Crippen molar-refractivity contribution < 1.29 is 0 Å². The van der Waals surface area contributed by atoms with Crippen LogP contribution >= 0.6 is 11.3 Å². The molecule has 0 aliphatic heterocycles. The third kappa shape index (κ3) is 1.67. The van der Waals surface area contributed by atoms with Gasteiger partial charge in [-0.3, -0.25) is 4.98 Å². The molecule has 2 nitrogen and oxygen atoms in total. The number of hydrogen-bond acceptors (Lipinski definition) is 3. The molecule has 3 heteroatoms. The SMILES string of the molecule is CC(NC1CC2CC1C1CCCC21)c1cncs1. The lowest BCUT2D eigenvalue weighted by Gasteiger charge is -2.33. The van der Waals surface area contributed by atoms with Crippen LogP contribution in [0.15, 0.2) is 11.7 Å². The van der Waals surface area contributed by atoms with Crippen LogP contribution < -0.4 is 5.32 Å². The highest BCUT2D eigenvalue weighted by Gasteiger charge is 2.53. The van der Waals surface area contributed by atoms with Crippen LogP contribution in [-0.4, -0.2) is 11.0 Å². The fourth-order valence-electron chi connectivity index (χ4n) is 5.10. The molecule has 0 spiro atoms. The van der Waals surface area contributed by atoms with Gasteiger partial charge in [0.1, 0.15) is 0 Å². The number of fused-ring (bicyclic) bond motifs is 5. The maximum absolute atomic E-state index is 4.20. The number of nitrogens with one attached hydrogen (secondary N) is 1. The van der Waals surface area contributed by atoms with Gasteiger partial charge in [0, 0.05) is 23.2 Å². The zero-order chi connectivity index (χ0) is 12.1. The molecule has 3 aliphatic carbocycles. The minimum atomic E-state index is 0.488. The van der Waals surface area contributed by atoms with Crippen LogP contribution in [0.25, 0.3) is 0 Å². The maximum Gasteiger partial charge on any atom is 0.0794 e. The van der Waals surface area contributed by atoms with Crippen molar-refractivity contribution >= 4 is 11.3 Å². The summed E-state index contributed by atoms with van der Waals surface area (Å²) >= 11 is 1.78. The van der Waals surface area contributed by atoms with Gasteiger partial charge in [-0.2, -0.15) is 0 Å². The fourth-order valence-corrected chi connectivity index (χ4v) is 5.74. The Bertz CT molecular complexity index is 416. The summed E-state index contributed by atoms with van der Waals surface area (Å²) in [6.45, 7) is 2.30. The predicted molar refractivity (Wildman–Crippen MR) is 74.5 cm³/mol. The molecule has 1 aromatic heterocycles. The molecule has 0 radical (unpaired) electrons. The van der Waals surface area contributed by atoms with Gasteiger partial charge in [0.15, 0.2) is 0 Å². The highest BCUT2D eigenvalue weighted by molar-refractivity contribution is 7.09. The zero-order valence-corrected chi connectivity index (χ0v) is 11.8. The van der Waals surface area contributed by atoms with E-state index in [1.807, 2.05) is 11.7 Å². The van der Waals surface area contributed by atoms with E-state index in [1.165, 1.54) is 37.0 Å². The molecule has 18 heavy (non-hydrogen) atoms. The molecule has 1 N–H and O–H groups in total. The lowest BCUT2D eigenvalue weighted by Crippen LogP contribution is -2.40. The summed E-state index contributed by atoms with van der Waals surface area (Å²) < 4.78 is 0. The van der Waals surface area contributed by atoms with E-state index in [0.717, 1.165) is 29.7 Å². The Labute approximate surface area is 113 Å². The highest BCUT2D eigenvalue weighted by Crippen LogP contribution is 2.58. The molecule has 4 rings (SSSR count). The van der Waals surface area contributed by atoms with Crippen molar-refractivity contribution in [1.82, 2.24) is 10.3 Å². The summed E-state index contributed by atoms with van der Waals surface area (Å²) in [7, 11) is 0. The van der Waals surface area contributed by atoms with E-state index >= 15 is 0 Å². The fraction of sp³-hybridized carbons (Fsp3) is 0.800. The van der Waals surface area contributed by atoms with Gasteiger partial charge in [0.05, 0.1) is 5.51 Å². The molecule has 0 aromatic carbocycles. The van der Waals surface area contributed by atoms with Gasteiger partial charge in [-0.1, -0.05) is 6.42 Å². The molecule has 3 saturated carbocycles. The molecule has 98 valence electrons. The summed E-state index contributed by atoms with van der Waals surface area (Å²) in [6, 6.07) is 1.27. The van der Waals surface area contributed by atoms with E-state index in [-0.39, 0.29) is 0 Å². The van der Waals surface area contributed by atoms with E-state index in [1.54, 1.807) is 11.3 Å². The minimum Gasteiger partial charge on any atom is -0.306 e. The van der Waals surface area contributed by atoms with Crippen LogP contribution in [0.4, 0.5) is 0 Å². The standard InChI is InChI=1S/C15H22N2S/c1-9(15-7-16-8-18-15)17-14-6-10-5-13(14)12-4-2-3-11(10)12/h7-14,17H,2-6H2,1H3. The van der Waals surface area contributed by atoms with E-state index in [0.29, 0.717) is 6.04 Å². The van der Waals surface area contributed by atoms with Crippen molar-refractivity contribution in [1.29, 1.82) is 0 Å². The second-order valence-electron chi connectivity index (χ2n) is 6.55. The van der Waals surface area contributed by atoms with E-state index in [2.05, 4.69) is 17.2 Å². The molecule has 3 fully saturated rings. The molecular formula is C15H22N2S. The first kappa shape index (κ1) is 11.4. The lowest BCUT2D eigenvalue weighted by atomic mass is 9.79. The predicted octanol–water partition coefficient (Wildman–Crippen LogP) is 3.62. The quantitative estimate of drug-likeness (QED) is 0.900. The van der Waals surface area contributed by atoms with Crippen LogP contribution in [0.2, 0.25) is 0 Å². The highest BCUT2D eigenvalue weighted by atomic mass is 32.1. The van der Waals surface area contributed by atoms with Crippen LogP contribution in [0, 0.1) is 23.7 Å². The summed E-state index contributed by atoms with van der Waals surface area (Å²) in [4.78, 5) is 5.59. The van der Waals surface area contributed by atoms with E-state index < -0.39 is 0 Å². The van der Waals surface area contributed by atoms with Gasteiger partial charge in [-0.05, 0) is 56.3 Å². The Morgan fingerprint density at radius 2 is 2.17 bits per heavy atom. The number of hydrogen-bond donors (Lipinski definition) is 1. The average Bonchev–Trinajstić information content (AvgIpc) is 3.11. The van der Waals surface area contributed by atoms with Gasteiger partial charge in [-0.25, -0.2) is 0 Å². The Morgan fingerprint density at radius 1 is 1.28 bits per heavy atom. The van der Waals surface area contributed by atoms with Crippen molar-refractivity contribution in [2.75, 3.05) is 0 Å². The summed E-state index contributed by atoms with van der Waals surface area (Å²) in [6.07, 6.45) is 9.52. The van der Waals surface area contributed by atoms with Gasteiger partial charge in [-0.15, -0.1) is 11.3 Å². The molecule has 6 unspecified atom stereocenters. The van der Waals surface area contributed by atoms with Crippen molar-refractivity contribution in [3.05, 3.63) is 16.6 Å². The largest absolute Gasteiger partial charge is 0.306 e. The van der Waals surface area contributed by atoms with Crippen molar-refractivity contribution in [2.45, 2.75) is 51.1 Å². The van der Waals surface area contributed by atoms with Crippen molar-refractivity contribution in [3.8, 4) is 0 Å². The second-order valence-corrected chi connectivity index (χ2v) is 7.47. The summed E-state index contributed by atoms with van der Waals surface area (Å²) in [5, 5.41) is 3.90. The van der Waals surface area contributed by atoms with Gasteiger partial charge in [0.2, 0.25) is 0 Å². The first-order valence-corrected chi connectivity index (χ1v) is 8.35. The Hall–Kier alpha value is -0.410. The van der Waals surface area contributed by atoms with Crippen LogP contribution in [0.1, 0.15) is 49.9 Å². The molecule has 0 saturated heterocycles. The van der Waals surface area contributed by atoms with Crippen LogP contribution in [-0.2, 0) is 0 Å². The lowest BCUT2D eigenvalue weighted by molar-refractivity contribution is 0.200. The number of nitrogens with zero attached hydrogens (tertiary/aromatic N) is 1. The van der Waals surface area contributed by atoms with Gasteiger partial charge in [0.25, 0.3) is 0 Å². The van der Waals surface area contributed by atoms with Crippen molar-refractivity contribution in [3.63, 3.8) is 0 Å². The average molecular weight is 262 g/mol. The zero-order valence-electron chi connectivity index (χ0n) is 11.0. The first-order chi connectivity index (χ1) is 8.83. The Balaban J connectivity index is 1.45. The number of aromatic nitrogens is 1. The Kier molecular flexibility index (Phi) is 2.73. The summed E-state index contributed by atoms with van der Waals surface area (Å²) in [5.74, 6) is 4.20. The van der Waals surface area contributed by atoms with Crippen molar-refractivity contribution in [2.24, 2.45) is 23.7 Å². The Morgan fingerprint density at radius 3 is 3.00 bits per heavy atom. The maximum atomic E-state index is 4.20. The first-order valence-electron chi connectivity index (χ1n) is 7.47. The monoisotopic (exact) mass is 262 g/mol. The number of rotatable bonds is 3. The third-order valence-electron chi connectivity index (χ3n) is 5.77. The second kappa shape index (κ2) is 4.31. The molecule has 1 heterocycles. The van der Waals surface area contributed by atoms with E-state index in [9.17, 15) is 0 Å². The topological polar surface area (TPSA) is 24.9 Å². The molecular weight excluding hydrogens is 240 g/mol. The molecule has 6 atom stereocenters. The van der Waals surface area contributed by atoms with E-state index in [4.69, 9.17) is 0 Å². The van der Waals surface area contributed by atoms with Gasteiger partial charge >= 0.3 is 0 Å². The van der Waals surface area contributed by atoms with Crippen LogP contribution in [0.3, 0.4) is 0 Å². The molecule has 0 amide bonds. The van der Waals surface area contributed by atoms with Gasteiger partial charge < -0.3 is 5.32 Å².